The number of benzene rings is 1. The van der Waals surface area contributed by atoms with Gasteiger partial charge in [-0.15, -0.1) is 0 Å². The number of amides is 1. The smallest absolute Gasteiger partial charge is 0.265 e. The molecule has 3 aromatic heterocycles. The highest BCUT2D eigenvalue weighted by Gasteiger charge is 2.29. The molecule has 1 aromatic carbocycles. The van der Waals surface area contributed by atoms with Gasteiger partial charge in [-0.25, -0.2) is 9.67 Å². The number of aromatic nitrogens is 5. The van der Waals surface area contributed by atoms with E-state index in [-0.39, 0.29) is 23.9 Å². The number of carbonyl (C=O) groups excluding carboxylic acids is 1. The van der Waals surface area contributed by atoms with Gasteiger partial charge < -0.3 is 5.32 Å². The van der Waals surface area contributed by atoms with Gasteiger partial charge in [0.1, 0.15) is 5.39 Å². The molecule has 1 aliphatic heterocycles. The van der Waals surface area contributed by atoms with Gasteiger partial charge in [0.25, 0.3) is 5.56 Å². The van der Waals surface area contributed by atoms with Crippen LogP contribution in [0.25, 0.3) is 16.7 Å². The Balaban J connectivity index is 1.39. The van der Waals surface area contributed by atoms with Gasteiger partial charge in [0, 0.05) is 31.1 Å². The van der Waals surface area contributed by atoms with E-state index in [0.29, 0.717) is 28.5 Å². The monoisotopic (exact) mass is 418 g/mol. The van der Waals surface area contributed by atoms with E-state index in [9.17, 15) is 9.59 Å². The molecule has 1 atom stereocenters. The lowest BCUT2D eigenvalue weighted by atomic mass is 10.2. The van der Waals surface area contributed by atoms with E-state index in [1.54, 1.807) is 27.8 Å². The molecule has 5 rings (SSSR count). The molecular formula is C21H18N6O2S. The molecule has 0 aliphatic carbocycles. The third-order valence-corrected chi connectivity index (χ3v) is 6.13. The van der Waals surface area contributed by atoms with Gasteiger partial charge in [-0.05, 0) is 29.8 Å². The van der Waals surface area contributed by atoms with Crippen molar-refractivity contribution in [3.05, 3.63) is 77.0 Å². The van der Waals surface area contributed by atoms with Crippen molar-refractivity contribution in [2.24, 2.45) is 0 Å². The average Bonchev–Trinajstić information content (AvgIpc) is 3.39. The largest absolute Gasteiger partial charge is 0.352 e. The summed E-state index contributed by atoms with van der Waals surface area (Å²) >= 11 is 1.49. The summed E-state index contributed by atoms with van der Waals surface area (Å²) in [5, 5.41) is 8.35. The maximum Gasteiger partial charge on any atom is 0.265 e. The first kappa shape index (κ1) is 18.6. The van der Waals surface area contributed by atoms with E-state index in [2.05, 4.69) is 15.4 Å². The standard InChI is InChI=1S/C21H18N6O2S/c28-18(23-11-14-6-8-22-9-7-14)10-16-13-30-21-25-19-17(20(29)26(16)21)12-24-27(19)15-4-2-1-3-5-15/h1-9,12,16H,10-11,13H2,(H,23,28)/t16-/m1/s1. The first-order chi connectivity index (χ1) is 14.7. The van der Waals surface area contributed by atoms with E-state index in [4.69, 9.17) is 4.98 Å². The highest BCUT2D eigenvalue weighted by atomic mass is 32.2. The topological polar surface area (TPSA) is 94.7 Å². The summed E-state index contributed by atoms with van der Waals surface area (Å²) in [6.45, 7) is 0.435. The molecule has 0 spiro atoms. The Morgan fingerprint density at radius 3 is 2.77 bits per heavy atom. The maximum atomic E-state index is 13.2. The summed E-state index contributed by atoms with van der Waals surface area (Å²) < 4.78 is 3.31. The van der Waals surface area contributed by atoms with Crippen LogP contribution in [-0.2, 0) is 11.3 Å². The fraction of sp³-hybridized carbons (Fsp3) is 0.190. The van der Waals surface area contributed by atoms with Crippen molar-refractivity contribution in [1.29, 1.82) is 0 Å². The normalized spacial score (nSPS) is 15.3. The molecule has 4 heterocycles. The number of rotatable bonds is 5. The zero-order valence-corrected chi connectivity index (χ0v) is 16.7. The number of carbonyl (C=O) groups is 1. The molecule has 1 aliphatic rings. The first-order valence-electron chi connectivity index (χ1n) is 9.55. The van der Waals surface area contributed by atoms with E-state index >= 15 is 0 Å². The van der Waals surface area contributed by atoms with Gasteiger partial charge in [0.2, 0.25) is 5.91 Å². The van der Waals surface area contributed by atoms with Gasteiger partial charge in [-0.1, -0.05) is 30.0 Å². The van der Waals surface area contributed by atoms with E-state index in [1.807, 2.05) is 42.5 Å². The first-order valence-corrected chi connectivity index (χ1v) is 10.5. The van der Waals surface area contributed by atoms with Crippen LogP contribution in [0.2, 0.25) is 0 Å². The Labute approximate surface area is 176 Å². The number of para-hydroxylation sites is 1. The van der Waals surface area contributed by atoms with Gasteiger partial charge >= 0.3 is 0 Å². The number of nitrogens with zero attached hydrogens (tertiary/aromatic N) is 5. The Hall–Kier alpha value is -3.46. The fourth-order valence-corrected chi connectivity index (χ4v) is 4.66. The van der Waals surface area contributed by atoms with Crippen molar-refractivity contribution in [3.8, 4) is 5.69 Å². The average molecular weight is 418 g/mol. The molecular weight excluding hydrogens is 400 g/mol. The summed E-state index contributed by atoms with van der Waals surface area (Å²) in [7, 11) is 0. The second kappa shape index (κ2) is 7.75. The van der Waals surface area contributed by atoms with Crippen molar-refractivity contribution >= 4 is 28.7 Å². The van der Waals surface area contributed by atoms with Crippen molar-refractivity contribution in [3.63, 3.8) is 0 Å². The van der Waals surface area contributed by atoms with Crippen LogP contribution in [0.1, 0.15) is 18.0 Å². The van der Waals surface area contributed by atoms with Crippen molar-refractivity contribution < 1.29 is 4.79 Å². The lowest BCUT2D eigenvalue weighted by Crippen LogP contribution is -2.30. The van der Waals surface area contributed by atoms with Crippen LogP contribution in [0.4, 0.5) is 0 Å². The third-order valence-electron chi connectivity index (χ3n) is 5.03. The van der Waals surface area contributed by atoms with Crippen molar-refractivity contribution in [2.75, 3.05) is 5.75 Å². The quantitative estimate of drug-likeness (QED) is 0.500. The molecule has 1 amide bonds. The molecule has 0 unspecified atom stereocenters. The summed E-state index contributed by atoms with van der Waals surface area (Å²) in [4.78, 5) is 34.3. The van der Waals surface area contributed by atoms with E-state index < -0.39 is 0 Å². The number of hydrogen-bond acceptors (Lipinski definition) is 6. The Bertz CT molecular complexity index is 1270. The molecule has 30 heavy (non-hydrogen) atoms. The molecule has 0 saturated heterocycles. The van der Waals surface area contributed by atoms with Gasteiger partial charge in [-0.3, -0.25) is 19.1 Å². The van der Waals surface area contributed by atoms with Crippen molar-refractivity contribution in [2.45, 2.75) is 24.2 Å². The Kier molecular flexibility index (Phi) is 4.80. The SMILES string of the molecule is O=C(C[C@@H]1CSc2nc3c(cnn3-c3ccccc3)c(=O)n21)NCc1ccncc1. The molecule has 4 aromatic rings. The summed E-state index contributed by atoms with van der Waals surface area (Å²) in [6.07, 6.45) is 5.16. The number of nitrogens with one attached hydrogen (secondary N) is 1. The fourth-order valence-electron chi connectivity index (χ4n) is 3.53. The second-order valence-corrected chi connectivity index (χ2v) is 7.99. The number of hydrogen-bond donors (Lipinski definition) is 1. The molecule has 1 N–H and O–H groups in total. The predicted molar refractivity (Wildman–Crippen MR) is 114 cm³/mol. The molecule has 8 nitrogen and oxygen atoms in total. The molecule has 0 radical (unpaired) electrons. The second-order valence-electron chi connectivity index (χ2n) is 7.00. The zero-order valence-electron chi connectivity index (χ0n) is 15.9. The van der Waals surface area contributed by atoms with Gasteiger partial charge in [0.05, 0.1) is 17.9 Å². The van der Waals surface area contributed by atoms with Crippen LogP contribution in [0.15, 0.2) is 71.0 Å². The van der Waals surface area contributed by atoms with Crippen LogP contribution < -0.4 is 10.9 Å². The lowest BCUT2D eigenvalue weighted by Gasteiger charge is -2.13. The predicted octanol–water partition coefficient (Wildman–Crippen LogP) is 2.33. The number of fused-ring (bicyclic) bond motifs is 2. The number of thioether (sulfide) groups is 1. The molecule has 0 bridgehead atoms. The summed E-state index contributed by atoms with van der Waals surface area (Å²) in [6, 6.07) is 13.1. The van der Waals surface area contributed by atoms with Crippen LogP contribution in [-0.4, -0.2) is 36.0 Å². The number of pyridine rings is 1. The molecule has 0 fully saturated rings. The third kappa shape index (κ3) is 3.37. The van der Waals surface area contributed by atoms with Crippen LogP contribution in [0, 0.1) is 0 Å². The molecule has 150 valence electrons. The van der Waals surface area contributed by atoms with E-state index in [0.717, 1.165) is 11.3 Å². The highest BCUT2D eigenvalue weighted by molar-refractivity contribution is 7.99. The van der Waals surface area contributed by atoms with Crippen LogP contribution in [0.3, 0.4) is 0 Å². The van der Waals surface area contributed by atoms with E-state index in [1.165, 1.54) is 11.8 Å². The minimum absolute atomic E-state index is 0.0998. The molecule has 0 saturated carbocycles. The minimum Gasteiger partial charge on any atom is -0.352 e. The van der Waals surface area contributed by atoms with Gasteiger partial charge in [-0.2, -0.15) is 5.10 Å². The van der Waals surface area contributed by atoms with Gasteiger partial charge in [0.15, 0.2) is 10.8 Å². The Morgan fingerprint density at radius 1 is 1.17 bits per heavy atom. The Morgan fingerprint density at radius 2 is 1.97 bits per heavy atom. The van der Waals surface area contributed by atoms with Crippen molar-refractivity contribution in [1.82, 2.24) is 29.6 Å². The lowest BCUT2D eigenvalue weighted by molar-refractivity contribution is -0.121. The summed E-state index contributed by atoms with van der Waals surface area (Å²) in [5.41, 5.74) is 2.20. The minimum atomic E-state index is -0.230. The molecule has 9 heteroatoms. The van der Waals surface area contributed by atoms with Crippen LogP contribution >= 0.6 is 11.8 Å². The van der Waals surface area contributed by atoms with Crippen LogP contribution in [0.5, 0.6) is 0 Å². The maximum absolute atomic E-state index is 13.2. The highest BCUT2D eigenvalue weighted by Crippen LogP contribution is 2.33. The zero-order chi connectivity index (χ0) is 20.5. The summed E-state index contributed by atoms with van der Waals surface area (Å²) in [5.74, 6) is 0.535.